The molecule has 1 aromatic rings. The topological polar surface area (TPSA) is 36.9 Å². The van der Waals surface area contributed by atoms with E-state index in [4.69, 9.17) is 18.8 Å². The minimum Gasteiger partial charge on any atom is -0.405 e. The van der Waals surface area contributed by atoms with Gasteiger partial charge in [0, 0.05) is 5.56 Å². The zero-order valence-electron chi connectivity index (χ0n) is 8.93. The van der Waals surface area contributed by atoms with Crippen molar-refractivity contribution in [1.29, 1.82) is 0 Å². The molecule has 2 fully saturated rings. The average Bonchev–Trinajstić information content (AvgIpc) is 3.03. The van der Waals surface area contributed by atoms with Gasteiger partial charge in [0.05, 0.1) is 26.4 Å². The Balaban J connectivity index is 1.73. The molecule has 0 aromatic heterocycles. The van der Waals surface area contributed by atoms with E-state index in [0.29, 0.717) is 26.4 Å². The van der Waals surface area contributed by atoms with E-state index in [2.05, 4.69) is 0 Å². The van der Waals surface area contributed by atoms with Crippen molar-refractivity contribution in [3.05, 3.63) is 29.8 Å². The van der Waals surface area contributed by atoms with E-state index in [1.54, 1.807) is 0 Å². The Morgan fingerprint density at radius 1 is 0.875 bits per heavy atom. The molecule has 0 bridgehead atoms. The number of ether oxygens (including phenoxy) is 2. The Labute approximate surface area is 94.6 Å². The van der Waals surface area contributed by atoms with Gasteiger partial charge in [-0.2, -0.15) is 0 Å². The molecule has 0 aliphatic carbocycles. The maximum absolute atomic E-state index is 5.42. The van der Waals surface area contributed by atoms with Crippen LogP contribution in [-0.2, 0) is 18.8 Å². The third-order valence-electron chi connectivity index (χ3n) is 2.72. The lowest BCUT2D eigenvalue weighted by Gasteiger charge is -2.10. The largest absolute Gasteiger partial charge is 0.494 e. The van der Waals surface area contributed by atoms with E-state index in [-0.39, 0.29) is 13.4 Å². The van der Waals surface area contributed by atoms with Crippen molar-refractivity contribution in [2.45, 2.75) is 6.29 Å². The van der Waals surface area contributed by atoms with Crippen molar-refractivity contribution < 1.29 is 18.8 Å². The van der Waals surface area contributed by atoms with Crippen molar-refractivity contribution in [2.24, 2.45) is 0 Å². The molecular formula is C11H13BO4. The highest BCUT2D eigenvalue weighted by Gasteiger charge is 2.26. The zero-order valence-corrected chi connectivity index (χ0v) is 8.93. The lowest BCUT2D eigenvalue weighted by molar-refractivity contribution is -0.0441. The van der Waals surface area contributed by atoms with Crippen LogP contribution in [0.4, 0.5) is 0 Å². The van der Waals surface area contributed by atoms with Gasteiger partial charge >= 0.3 is 7.12 Å². The number of benzene rings is 1. The first-order chi connectivity index (χ1) is 7.93. The maximum Gasteiger partial charge on any atom is 0.494 e. The number of hydrogen-bond donors (Lipinski definition) is 0. The SMILES string of the molecule is c1cc(C2OCCO2)ccc1B1OCCO1. The molecule has 2 heterocycles. The minimum absolute atomic E-state index is 0.209. The molecule has 2 saturated heterocycles. The van der Waals surface area contributed by atoms with Crippen LogP contribution in [0.15, 0.2) is 24.3 Å². The fraction of sp³-hybridized carbons (Fsp3) is 0.455. The third kappa shape index (κ3) is 1.99. The highest BCUT2D eigenvalue weighted by molar-refractivity contribution is 6.61. The van der Waals surface area contributed by atoms with Crippen LogP contribution < -0.4 is 5.46 Å². The molecule has 3 rings (SSSR count). The van der Waals surface area contributed by atoms with Crippen LogP contribution in [0, 0.1) is 0 Å². The van der Waals surface area contributed by atoms with E-state index in [9.17, 15) is 0 Å². The molecule has 0 atom stereocenters. The Morgan fingerprint density at radius 2 is 1.50 bits per heavy atom. The summed E-state index contributed by atoms with van der Waals surface area (Å²) in [6.07, 6.45) is -0.209. The summed E-state index contributed by atoms with van der Waals surface area (Å²) in [6.45, 7) is 2.67. The van der Waals surface area contributed by atoms with Crippen LogP contribution in [0.5, 0.6) is 0 Å². The van der Waals surface area contributed by atoms with Gasteiger partial charge in [-0.05, 0) is 5.46 Å². The summed E-state index contributed by atoms with van der Waals surface area (Å²) in [5.74, 6) is 0. The first-order valence-corrected chi connectivity index (χ1v) is 5.50. The maximum atomic E-state index is 5.42. The average molecular weight is 220 g/mol. The van der Waals surface area contributed by atoms with E-state index in [1.165, 1.54) is 0 Å². The van der Waals surface area contributed by atoms with Gasteiger partial charge in [-0.3, -0.25) is 0 Å². The summed E-state index contributed by atoms with van der Waals surface area (Å²) in [4.78, 5) is 0. The summed E-state index contributed by atoms with van der Waals surface area (Å²) in [5, 5.41) is 0. The molecule has 4 nitrogen and oxygen atoms in total. The van der Waals surface area contributed by atoms with Gasteiger partial charge in [0.25, 0.3) is 0 Å². The molecule has 84 valence electrons. The predicted molar refractivity (Wildman–Crippen MR) is 58.4 cm³/mol. The minimum atomic E-state index is -0.209. The van der Waals surface area contributed by atoms with Gasteiger partial charge in [0.1, 0.15) is 0 Å². The number of rotatable bonds is 2. The van der Waals surface area contributed by atoms with Crippen LogP contribution >= 0.6 is 0 Å². The second kappa shape index (κ2) is 4.55. The normalized spacial score (nSPS) is 21.9. The van der Waals surface area contributed by atoms with Gasteiger partial charge < -0.3 is 18.8 Å². The lowest BCUT2D eigenvalue weighted by Crippen LogP contribution is -2.31. The molecule has 0 spiro atoms. The second-order valence-electron chi connectivity index (χ2n) is 3.81. The molecule has 0 radical (unpaired) electrons. The van der Waals surface area contributed by atoms with Gasteiger partial charge in [0.2, 0.25) is 0 Å². The van der Waals surface area contributed by atoms with Crippen molar-refractivity contribution >= 4 is 12.6 Å². The van der Waals surface area contributed by atoms with Crippen LogP contribution in [-0.4, -0.2) is 33.5 Å². The molecule has 5 heteroatoms. The first-order valence-electron chi connectivity index (χ1n) is 5.50. The van der Waals surface area contributed by atoms with Crippen molar-refractivity contribution in [2.75, 3.05) is 26.4 Å². The molecule has 2 aliphatic heterocycles. The highest BCUT2D eigenvalue weighted by Crippen LogP contribution is 2.22. The van der Waals surface area contributed by atoms with Gasteiger partial charge in [-0.1, -0.05) is 24.3 Å². The molecule has 0 unspecified atom stereocenters. The fourth-order valence-electron chi connectivity index (χ4n) is 1.91. The molecular weight excluding hydrogens is 207 g/mol. The monoisotopic (exact) mass is 220 g/mol. The van der Waals surface area contributed by atoms with Gasteiger partial charge in [-0.25, -0.2) is 0 Å². The van der Waals surface area contributed by atoms with Crippen molar-refractivity contribution in [1.82, 2.24) is 0 Å². The summed E-state index contributed by atoms with van der Waals surface area (Å²) in [6, 6.07) is 7.99. The van der Waals surface area contributed by atoms with Crippen molar-refractivity contribution in [3.63, 3.8) is 0 Å². The zero-order chi connectivity index (χ0) is 10.8. The van der Waals surface area contributed by atoms with Crippen LogP contribution in [0.25, 0.3) is 0 Å². The summed E-state index contributed by atoms with van der Waals surface area (Å²) in [7, 11) is -0.209. The molecule has 0 saturated carbocycles. The third-order valence-corrected chi connectivity index (χ3v) is 2.72. The first kappa shape index (κ1) is 10.3. The Morgan fingerprint density at radius 3 is 2.12 bits per heavy atom. The Hall–Kier alpha value is -0.875. The van der Waals surface area contributed by atoms with E-state index in [1.807, 2.05) is 24.3 Å². The summed E-state index contributed by atoms with van der Waals surface area (Å²) in [5.41, 5.74) is 2.08. The molecule has 16 heavy (non-hydrogen) atoms. The van der Waals surface area contributed by atoms with E-state index >= 15 is 0 Å². The van der Waals surface area contributed by atoms with Gasteiger partial charge in [-0.15, -0.1) is 0 Å². The smallest absolute Gasteiger partial charge is 0.405 e. The standard InChI is InChI=1S/C11H13BO4/c1-3-10(12-15-7-8-16-12)4-2-9(1)11-13-5-6-14-11/h1-4,11H,5-8H2. The molecule has 2 aliphatic rings. The predicted octanol–water partition coefficient (Wildman–Crippen LogP) is 0.474. The second-order valence-corrected chi connectivity index (χ2v) is 3.81. The van der Waals surface area contributed by atoms with Crippen LogP contribution in [0.1, 0.15) is 11.9 Å². The fourth-order valence-corrected chi connectivity index (χ4v) is 1.91. The highest BCUT2D eigenvalue weighted by atomic mass is 16.7. The van der Waals surface area contributed by atoms with Crippen LogP contribution in [0.3, 0.4) is 0 Å². The summed E-state index contributed by atoms with van der Waals surface area (Å²) < 4.78 is 21.7. The molecule has 1 aromatic carbocycles. The number of hydrogen-bond acceptors (Lipinski definition) is 4. The molecule has 0 N–H and O–H groups in total. The van der Waals surface area contributed by atoms with Crippen molar-refractivity contribution in [3.8, 4) is 0 Å². The summed E-state index contributed by atoms with van der Waals surface area (Å²) >= 11 is 0. The van der Waals surface area contributed by atoms with E-state index in [0.717, 1.165) is 11.0 Å². The quantitative estimate of drug-likeness (QED) is 0.679. The Bertz CT molecular complexity index is 307. The molecule has 0 amide bonds. The van der Waals surface area contributed by atoms with Gasteiger partial charge in [0.15, 0.2) is 6.29 Å². The lowest BCUT2D eigenvalue weighted by atomic mass is 9.79. The van der Waals surface area contributed by atoms with Crippen LogP contribution in [0.2, 0.25) is 0 Å². The Kier molecular flexibility index (Phi) is 2.93. The van der Waals surface area contributed by atoms with E-state index < -0.39 is 0 Å².